The van der Waals surface area contributed by atoms with Crippen molar-refractivity contribution < 1.29 is 18.4 Å². The summed E-state index contributed by atoms with van der Waals surface area (Å²) in [6.07, 6.45) is 1.79. The second kappa shape index (κ2) is 6.65. The van der Waals surface area contributed by atoms with Gasteiger partial charge in [0, 0.05) is 25.1 Å². The molecule has 0 saturated carbocycles. The summed E-state index contributed by atoms with van der Waals surface area (Å²) in [4.78, 5) is 16.0. The maximum atomic E-state index is 12.9. The first kappa shape index (κ1) is 14.6. The third kappa shape index (κ3) is 3.48. The highest BCUT2D eigenvalue weighted by Crippen LogP contribution is 2.16. The largest absolute Gasteiger partial charge is 0.368 e. The number of hydrogen-bond donors (Lipinski definition) is 1. The van der Waals surface area contributed by atoms with Crippen molar-refractivity contribution >= 4 is 5.91 Å². The van der Waals surface area contributed by atoms with Gasteiger partial charge in [-0.05, 0) is 37.1 Å². The summed E-state index contributed by atoms with van der Waals surface area (Å²) in [6.45, 7) is 1.05. The van der Waals surface area contributed by atoms with Crippen LogP contribution in [-0.4, -0.2) is 35.3 Å². The van der Waals surface area contributed by atoms with Gasteiger partial charge in [-0.3, -0.25) is 4.79 Å². The molecule has 3 rings (SSSR count). The van der Waals surface area contributed by atoms with Gasteiger partial charge in [-0.2, -0.15) is 4.98 Å². The molecule has 1 unspecified atom stereocenters. The molecule has 22 heavy (non-hydrogen) atoms. The van der Waals surface area contributed by atoms with Crippen molar-refractivity contribution in [2.24, 2.45) is 0 Å². The van der Waals surface area contributed by atoms with Gasteiger partial charge >= 0.3 is 0 Å². The van der Waals surface area contributed by atoms with Gasteiger partial charge in [-0.15, -0.1) is 0 Å². The Morgan fingerprint density at radius 3 is 2.91 bits per heavy atom. The maximum absolute atomic E-state index is 12.9. The molecule has 0 radical (unpaired) electrons. The zero-order valence-electron chi connectivity index (χ0n) is 11.9. The highest BCUT2D eigenvalue weighted by atomic mass is 19.1. The Balaban J connectivity index is 1.51. The van der Waals surface area contributed by atoms with Crippen molar-refractivity contribution in [1.29, 1.82) is 0 Å². The lowest BCUT2D eigenvalue weighted by Gasteiger charge is -2.08. The fraction of sp³-hybridized carbons (Fsp3) is 0.400. The molecule has 1 amide bonds. The molecule has 0 bridgehead atoms. The maximum Gasteiger partial charge on any atom is 0.249 e. The number of ether oxygens (including phenoxy) is 1. The van der Waals surface area contributed by atoms with Crippen LogP contribution in [0.5, 0.6) is 0 Å². The van der Waals surface area contributed by atoms with Gasteiger partial charge in [-0.1, -0.05) is 5.16 Å². The van der Waals surface area contributed by atoms with E-state index < -0.39 is 0 Å². The standard InChI is InChI=1S/C15H16FN3O3/c16-11-5-3-10(4-6-11)14-18-13(22-19-14)7-8-17-15(20)12-2-1-9-21-12/h3-6,12H,1-2,7-9H2,(H,17,20). The van der Waals surface area contributed by atoms with E-state index in [9.17, 15) is 9.18 Å². The first-order valence-corrected chi connectivity index (χ1v) is 7.20. The highest BCUT2D eigenvalue weighted by molar-refractivity contribution is 5.80. The second-order valence-electron chi connectivity index (χ2n) is 5.06. The molecule has 116 valence electrons. The van der Waals surface area contributed by atoms with E-state index in [1.54, 1.807) is 12.1 Å². The Labute approximate surface area is 126 Å². The van der Waals surface area contributed by atoms with Crippen LogP contribution in [0.3, 0.4) is 0 Å². The lowest BCUT2D eigenvalue weighted by Crippen LogP contribution is -2.35. The molecule has 1 aromatic heterocycles. The van der Waals surface area contributed by atoms with E-state index >= 15 is 0 Å². The van der Waals surface area contributed by atoms with Crippen molar-refractivity contribution in [3.63, 3.8) is 0 Å². The summed E-state index contributed by atoms with van der Waals surface area (Å²) in [7, 11) is 0. The third-order valence-corrected chi connectivity index (χ3v) is 3.43. The van der Waals surface area contributed by atoms with Crippen LogP contribution in [0.4, 0.5) is 4.39 Å². The number of amides is 1. The van der Waals surface area contributed by atoms with Gasteiger partial charge < -0.3 is 14.6 Å². The van der Waals surface area contributed by atoms with Gasteiger partial charge in [0.1, 0.15) is 11.9 Å². The van der Waals surface area contributed by atoms with Crippen LogP contribution in [0.1, 0.15) is 18.7 Å². The number of halogens is 1. The van der Waals surface area contributed by atoms with Crippen LogP contribution < -0.4 is 5.32 Å². The van der Waals surface area contributed by atoms with Crippen LogP contribution in [0, 0.1) is 5.82 Å². The van der Waals surface area contributed by atoms with Gasteiger partial charge in [0.25, 0.3) is 0 Å². The molecule has 6 nitrogen and oxygen atoms in total. The molecule has 1 N–H and O–H groups in total. The van der Waals surface area contributed by atoms with E-state index in [4.69, 9.17) is 9.26 Å². The predicted molar refractivity (Wildman–Crippen MR) is 75.4 cm³/mol. The van der Waals surface area contributed by atoms with E-state index in [-0.39, 0.29) is 17.8 Å². The van der Waals surface area contributed by atoms with E-state index in [0.29, 0.717) is 36.9 Å². The zero-order chi connectivity index (χ0) is 15.4. The molecule has 7 heteroatoms. The lowest BCUT2D eigenvalue weighted by molar-refractivity contribution is -0.130. The van der Waals surface area contributed by atoms with Gasteiger partial charge in [0.05, 0.1) is 0 Å². The average molecular weight is 305 g/mol. The molecule has 1 aliphatic heterocycles. The molecular weight excluding hydrogens is 289 g/mol. The molecule has 1 fully saturated rings. The zero-order valence-corrected chi connectivity index (χ0v) is 11.9. The topological polar surface area (TPSA) is 77.3 Å². The summed E-state index contributed by atoms with van der Waals surface area (Å²) in [6, 6.07) is 5.85. The number of carbonyl (C=O) groups excluding carboxylic acids is 1. The summed E-state index contributed by atoms with van der Waals surface area (Å²) >= 11 is 0. The smallest absolute Gasteiger partial charge is 0.249 e. The minimum Gasteiger partial charge on any atom is -0.368 e. The number of benzene rings is 1. The predicted octanol–water partition coefficient (Wildman–Crippen LogP) is 1.71. The monoisotopic (exact) mass is 305 g/mol. The fourth-order valence-corrected chi connectivity index (χ4v) is 2.26. The number of nitrogens with zero attached hydrogens (tertiary/aromatic N) is 2. The van der Waals surface area contributed by atoms with Crippen molar-refractivity contribution in [2.75, 3.05) is 13.2 Å². The molecule has 1 atom stereocenters. The van der Waals surface area contributed by atoms with Crippen molar-refractivity contribution in [2.45, 2.75) is 25.4 Å². The first-order chi connectivity index (χ1) is 10.7. The number of rotatable bonds is 5. The molecule has 1 saturated heterocycles. The summed E-state index contributed by atoms with van der Waals surface area (Å²) in [5.41, 5.74) is 0.680. The molecular formula is C15H16FN3O3. The van der Waals surface area contributed by atoms with Crippen LogP contribution in [0.15, 0.2) is 28.8 Å². The SMILES string of the molecule is O=C(NCCc1nc(-c2ccc(F)cc2)no1)C1CCCO1. The van der Waals surface area contributed by atoms with Crippen molar-refractivity contribution in [1.82, 2.24) is 15.5 Å². The van der Waals surface area contributed by atoms with E-state index in [2.05, 4.69) is 15.5 Å². The number of carbonyl (C=O) groups is 1. The summed E-state index contributed by atoms with van der Waals surface area (Å²) in [5.74, 6) is 0.410. The van der Waals surface area contributed by atoms with Crippen molar-refractivity contribution in [3.05, 3.63) is 36.0 Å². The normalized spacial score (nSPS) is 17.6. The lowest BCUT2D eigenvalue weighted by atomic mass is 10.2. The summed E-state index contributed by atoms with van der Waals surface area (Å²) < 4.78 is 23.3. The number of aromatic nitrogens is 2. The van der Waals surface area contributed by atoms with Crippen LogP contribution >= 0.6 is 0 Å². The van der Waals surface area contributed by atoms with Gasteiger partial charge in [-0.25, -0.2) is 4.39 Å². The Hall–Kier alpha value is -2.28. The number of hydrogen-bond acceptors (Lipinski definition) is 5. The minimum atomic E-state index is -0.336. The molecule has 2 heterocycles. The third-order valence-electron chi connectivity index (χ3n) is 3.43. The quantitative estimate of drug-likeness (QED) is 0.910. The minimum absolute atomic E-state index is 0.101. The number of nitrogens with one attached hydrogen (secondary N) is 1. The molecule has 0 aliphatic carbocycles. The van der Waals surface area contributed by atoms with Gasteiger partial charge in [0.2, 0.25) is 17.6 Å². The van der Waals surface area contributed by atoms with Crippen LogP contribution in [-0.2, 0) is 16.0 Å². The second-order valence-corrected chi connectivity index (χ2v) is 5.06. The Morgan fingerprint density at radius 1 is 1.36 bits per heavy atom. The molecule has 1 aliphatic rings. The van der Waals surface area contributed by atoms with Crippen LogP contribution in [0.25, 0.3) is 11.4 Å². The van der Waals surface area contributed by atoms with Crippen LogP contribution in [0.2, 0.25) is 0 Å². The Morgan fingerprint density at radius 2 is 2.18 bits per heavy atom. The average Bonchev–Trinajstić information content (AvgIpc) is 3.19. The van der Waals surface area contributed by atoms with E-state index in [0.717, 1.165) is 12.8 Å². The molecule has 2 aromatic rings. The molecule has 0 spiro atoms. The molecule has 1 aromatic carbocycles. The summed E-state index contributed by atoms with van der Waals surface area (Å²) in [5, 5.41) is 6.63. The Kier molecular flexibility index (Phi) is 4.43. The highest BCUT2D eigenvalue weighted by Gasteiger charge is 2.23. The first-order valence-electron chi connectivity index (χ1n) is 7.20. The van der Waals surface area contributed by atoms with E-state index in [1.165, 1.54) is 12.1 Å². The fourth-order valence-electron chi connectivity index (χ4n) is 2.26. The van der Waals surface area contributed by atoms with Gasteiger partial charge in [0.15, 0.2) is 0 Å². The van der Waals surface area contributed by atoms with Crippen molar-refractivity contribution in [3.8, 4) is 11.4 Å². The Bertz CT molecular complexity index is 636. The van der Waals surface area contributed by atoms with E-state index in [1.807, 2.05) is 0 Å².